The van der Waals surface area contributed by atoms with Crippen molar-refractivity contribution in [2.24, 2.45) is 0 Å². The van der Waals surface area contributed by atoms with Crippen molar-refractivity contribution in [1.82, 2.24) is 19.1 Å². The Morgan fingerprint density at radius 2 is 1.02 bits per heavy atom. The van der Waals surface area contributed by atoms with E-state index in [9.17, 15) is 0 Å². The Balaban J connectivity index is 1.24. The first kappa shape index (κ1) is 28.5. The van der Waals surface area contributed by atoms with Crippen LogP contribution in [0.3, 0.4) is 0 Å². The summed E-state index contributed by atoms with van der Waals surface area (Å²) < 4.78 is 11.5. The van der Waals surface area contributed by atoms with Gasteiger partial charge in [-0.1, -0.05) is 127 Å². The average molecular weight is 677 g/mol. The first-order chi connectivity index (χ1) is 26.3. The number of nitrogens with zero attached hydrogens (tertiary/aromatic N) is 4. The Kier molecular flexibility index (Phi) is 5.71. The molecule has 0 aliphatic rings. The lowest BCUT2D eigenvalue weighted by molar-refractivity contribution is 0.662. The predicted octanol–water partition coefficient (Wildman–Crippen LogP) is 12.5. The van der Waals surface area contributed by atoms with E-state index in [1.54, 1.807) is 0 Å². The fourth-order valence-electron chi connectivity index (χ4n) is 8.60. The van der Waals surface area contributed by atoms with Crippen molar-refractivity contribution < 1.29 is 4.42 Å². The molecule has 4 heterocycles. The molecule has 0 saturated carbocycles. The summed E-state index contributed by atoms with van der Waals surface area (Å²) in [6, 6.07) is 60.1. The van der Waals surface area contributed by atoms with Gasteiger partial charge in [0.1, 0.15) is 11.1 Å². The molecular formula is C48H28N4O. The SMILES string of the molecule is c1ccc(-c2nc(-n3c4ccccc4c4c5c6ccccc6n(-c6ccc7ccccc7c6)c5ccc43)c3oc4ccc5ccccc5c4c3n2)cc1. The Morgan fingerprint density at radius 3 is 1.79 bits per heavy atom. The van der Waals surface area contributed by atoms with Crippen molar-refractivity contribution in [3.05, 3.63) is 170 Å². The van der Waals surface area contributed by atoms with Crippen LogP contribution in [-0.4, -0.2) is 19.1 Å². The number of rotatable bonds is 3. The minimum absolute atomic E-state index is 0.656. The van der Waals surface area contributed by atoms with Crippen LogP contribution in [0.1, 0.15) is 0 Å². The van der Waals surface area contributed by atoms with Crippen LogP contribution in [0.15, 0.2) is 174 Å². The molecule has 4 aromatic heterocycles. The van der Waals surface area contributed by atoms with Crippen molar-refractivity contribution >= 4 is 87.2 Å². The number of aromatic nitrogens is 4. The summed E-state index contributed by atoms with van der Waals surface area (Å²) in [4.78, 5) is 10.6. The maximum Gasteiger partial charge on any atom is 0.197 e. The van der Waals surface area contributed by atoms with Gasteiger partial charge in [0.2, 0.25) is 0 Å². The van der Waals surface area contributed by atoms with E-state index < -0.39 is 0 Å². The van der Waals surface area contributed by atoms with Gasteiger partial charge in [0.15, 0.2) is 17.2 Å². The highest BCUT2D eigenvalue weighted by atomic mass is 16.3. The standard InChI is InChI=1S/C48H28N4O/c1-2-14-31(15-3-1)47-49-45-44-34-17-7-6-13-30(34)23-27-41(44)53-46(45)48(50-47)52-38-21-11-9-19-36(38)43-40(52)26-25-39-42(43)35-18-8-10-20-37(35)51(39)33-24-22-29-12-4-5-16-32(29)28-33/h1-28H. The third kappa shape index (κ3) is 3.96. The molecule has 8 aromatic carbocycles. The lowest BCUT2D eigenvalue weighted by Gasteiger charge is -2.11. The number of hydrogen-bond acceptors (Lipinski definition) is 3. The molecule has 12 rings (SSSR count). The summed E-state index contributed by atoms with van der Waals surface area (Å²) in [6.07, 6.45) is 0. The predicted molar refractivity (Wildman–Crippen MR) is 218 cm³/mol. The highest BCUT2D eigenvalue weighted by molar-refractivity contribution is 6.29. The Labute approximate surface area is 302 Å². The van der Waals surface area contributed by atoms with Gasteiger partial charge in [-0.25, -0.2) is 9.97 Å². The van der Waals surface area contributed by atoms with E-state index in [1.807, 2.05) is 18.2 Å². The largest absolute Gasteiger partial charge is 0.450 e. The van der Waals surface area contributed by atoms with Crippen molar-refractivity contribution in [3.63, 3.8) is 0 Å². The summed E-state index contributed by atoms with van der Waals surface area (Å²) in [5, 5.41) is 10.5. The molecule has 0 saturated heterocycles. The van der Waals surface area contributed by atoms with Gasteiger partial charge < -0.3 is 8.98 Å². The van der Waals surface area contributed by atoms with Gasteiger partial charge in [0.25, 0.3) is 0 Å². The van der Waals surface area contributed by atoms with Gasteiger partial charge >= 0.3 is 0 Å². The van der Waals surface area contributed by atoms with Crippen molar-refractivity contribution in [1.29, 1.82) is 0 Å². The van der Waals surface area contributed by atoms with Crippen molar-refractivity contribution in [3.8, 4) is 22.9 Å². The lowest BCUT2D eigenvalue weighted by atomic mass is 10.1. The Morgan fingerprint density at radius 1 is 0.415 bits per heavy atom. The van der Waals surface area contributed by atoms with E-state index in [4.69, 9.17) is 14.4 Å². The lowest BCUT2D eigenvalue weighted by Crippen LogP contribution is -2.01. The van der Waals surface area contributed by atoms with Gasteiger partial charge in [-0.2, -0.15) is 0 Å². The van der Waals surface area contributed by atoms with Crippen molar-refractivity contribution in [2.45, 2.75) is 0 Å². The third-order valence-electron chi connectivity index (χ3n) is 10.9. The number of furan rings is 1. The normalized spacial score (nSPS) is 12.2. The first-order valence-electron chi connectivity index (χ1n) is 17.9. The summed E-state index contributed by atoms with van der Waals surface area (Å²) >= 11 is 0. The zero-order valence-corrected chi connectivity index (χ0v) is 28.4. The van der Waals surface area contributed by atoms with E-state index in [2.05, 4.69) is 161 Å². The molecule has 0 aliphatic heterocycles. The molecule has 0 atom stereocenters. The van der Waals surface area contributed by atoms with Crippen LogP contribution < -0.4 is 0 Å². The van der Waals surface area contributed by atoms with E-state index in [-0.39, 0.29) is 0 Å². The molecule has 0 bridgehead atoms. The molecule has 0 amide bonds. The first-order valence-corrected chi connectivity index (χ1v) is 17.9. The summed E-state index contributed by atoms with van der Waals surface area (Å²) in [7, 11) is 0. The molecule has 0 unspecified atom stereocenters. The van der Waals surface area contributed by atoms with Gasteiger partial charge in [-0.15, -0.1) is 0 Å². The fourth-order valence-corrected chi connectivity index (χ4v) is 8.60. The van der Waals surface area contributed by atoms with E-state index in [0.717, 1.165) is 66.3 Å². The Bertz CT molecular complexity index is 3460. The number of para-hydroxylation sites is 2. The minimum atomic E-state index is 0.656. The van der Waals surface area contributed by atoms with Crippen LogP contribution in [-0.2, 0) is 0 Å². The zero-order chi connectivity index (χ0) is 34.6. The van der Waals surface area contributed by atoms with E-state index >= 15 is 0 Å². The molecule has 246 valence electrons. The second-order valence-electron chi connectivity index (χ2n) is 13.8. The smallest absolute Gasteiger partial charge is 0.197 e. The van der Waals surface area contributed by atoms with E-state index in [0.29, 0.717) is 11.4 Å². The fraction of sp³-hybridized carbons (Fsp3) is 0. The monoisotopic (exact) mass is 676 g/mol. The second kappa shape index (κ2) is 10.6. The van der Waals surface area contributed by atoms with Crippen LogP contribution in [0.5, 0.6) is 0 Å². The van der Waals surface area contributed by atoms with Crippen LogP contribution in [0.4, 0.5) is 0 Å². The molecule has 12 aromatic rings. The molecule has 5 heteroatoms. The molecule has 0 aliphatic carbocycles. The van der Waals surface area contributed by atoms with Gasteiger partial charge in [0, 0.05) is 32.8 Å². The molecular weight excluding hydrogens is 649 g/mol. The number of benzene rings is 8. The average Bonchev–Trinajstić information content (AvgIpc) is 3.88. The summed E-state index contributed by atoms with van der Waals surface area (Å²) in [5.74, 6) is 1.38. The van der Waals surface area contributed by atoms with Crippen LogP contribution >= 0.6 is 0 Å². The zero-order valence-electron chi connectivity index (χ0n) is 28.4. The Hall–Kier alpha value is -7.24. The van der Waals surface area contributed by atoms with Crippen molar-refractivity contribution in [2.75, 3.05) is 0 Å². The van der Waals surface area contributed by atoms with E-state index in [1.165, 1.54) is 32.4 Å². The molecule has 5 nitrogen and oxygen atoms in total. The summed E-state index contributed by atoms with van der Waals surface area (Å²) in [5.41, 5.74) is 8.79. The molecule has 0 N–H and O–H groups in total. The van der Waals surface area contributed by atoms with Gasteiger partial charge in [-0.3, -0.25) is 4.57 Å². The quantitative estimate of drug-likeness (QED) is 0.187. The third-order valence-corrected chi connectivity index (χ3v) is 10.9. The van der Waals surface area contributed by atoms with Gasteiger partial charge in [-0.05, 0) is 64.0 Å². The molecule has 0 fully saturated rings. The minimum Gasteiger partial charge on any atom is -0.450 e. The summed E-state index contributed by atoms with van der Waals surface area (Å²) in [6.45, 7) is 0. The highest BCUT2D eigenvalue weighted by Gasteiger charge is 2.25. The van der Waals surface area contributed by atoms with Crippen LogP contribution in [0.2, 0.25) is 0 Å². The maximum absolute atomic E-state index is 6.81. The molecule has 53 heavy (non-hydrogen) atoms. The van der Waals surface area contributed by atoms with Crippen LogP contribution in [0.25, 0.3) is 110 Å². The molecule has 0 spiro atoms. The maximum atomic E-state index is 6.81. The second-order valence-corrected chi connectivity index (χ2v) is 13.8. The van der Waals surface area contributed by atoms with Gasteiger partial charge in [0.05, 0.1) is 27.5 Å². The molecule has 0 radical (unpaired) electrons. The number of fused-ring (bicyclic) bond motifs is 13. The number of hydrogen-bond donors (Lipinski definition) is 0. The topological polar surface area (TPSA) is 48.8 Å². The highest BCUT2D eigenvalue weighted by Crippen LogP contribution is 2.44. The van der Waals surface area contributed by atoms with Crippen LogP contribution in [0, 0.1) is 0 Å².